The number of nitrogens with one attached hydrogen (secondary N) is 1. The van der Waals surface area contributed by atoms with E-state index < -0.39 is 6.10 Å². The van der Waals surface area contributed by atoms with Crippen LogP contribution >= 0.6 is 0 Å². The molecule has 0 radical (unpaired) electrons. The molecule has 3 fully saturated rings. The van der Waals surface area contributed by atoms with E-state index in [0.29, 0.717) is 39.0 Å². The minimum Gasteiger partial charge on any atom is -0.389 e. The third-order valence-corrected chi connectivity index (χ3v) is 6.84. The summed E-state index contributed by atoms with van der Waals surface area (Å²) < 4.78 is 13.8. The molecule has 0 unspecified atom stereocenters. The fourth-order valence-electron chi connectivity index (χ4n) is 5.21. The number of hydrogen-bond donors (Lipinski definition) is 2. The van der Waals surface area contributed by atoms with E-state index in [1.807, 2.05) is 22.7 Å². The van der Waals surface area contributed by atoms with E-state index in [9.17, 15) is 14.7 Å². The van der Waals surface area contributed by atoms with Crippen LogP contribution < -0.4 is 5.32 Å². The van der Waals surface area contributed by atoms with Crippen LogP contribution in [-0.4, -0.2) is 82.0 Å². The molecule has 2 N–H and O–H groups in total. The van der Waals surface area contributed by atoms with Crippen molar-refractivity contribution < 1.29 is 24.2 Å². The molecule has 1 aromatic rings. The number of aliphatic hydroxyl groups is 1. The Hall–Kier alpha value is -1.97. The number of carbonyl (C=O) groups excluding carboxylic acids is 2. The largest absolute Gasteiger partial charge is 0.389 e. The Morgan fingerprint density at radius 2 is 2.03 bits per heavy atom. The average Bonchev–Trinajstić information content (AvgIpc) is 3.43. The highest BCUT2D eigenvalue weighted by molar-refractivity contribution is 5.79. The van der Waals surface area contributed by atoms with Crippen LogP contribution in [0.4, 0.5) is 0 Å². The number of rotatable bonds is 6. The number of carbonyl (C=O) groups is 2. The van der Waals surface area contributed by atoms with Gasteiger partial charge in [-0.1, -0.05) is 12.8 Å². The first-order valence-corrected chi connectivity index (χ1v) is 11.9. The minimum absolute atomic E-state index is 0.0366. The van der Waals surface area contributed by atoms with Crippen LogP contribution in [0.5, 0.6) is 0 Å². The predicted octanol–water partition coefficient (Wildman–Crippen LogP) is 0.795. The van der Waals surface area contributed by atoms with Crippen molar-refractivity contribution in [3.05, 3.63) is 18.2 Å². The van der Waals surface area contributed by atoms with Crippen LogP contribution in [0.2, 0.25) is 0 Å². The second-order valence-corrected chi connectivity index (χ2v) is 9.44. The van der Waals surface area contributed by atoms with Gasteiger partial charge >= 0.3 is 0 Å². The van der Waals surface area contributed by atoms with E-state index in [1.54, 1.807) is 6.33 Å². The molecule has 1 aliphatic carbocycles. The van der Waals surface area contributed by atoms with Gasteiger partial charge in [0.15, 0.2) is 0 Å². The van der Waals surface area contributed by atoms with E-state index in [1.165, 1.54) is 0 Å². The molecule has 2 aliphatic heterocycles. The maximum Gasteiger partial charge on any atom is 0.226 e. The number of ether oxygens (including phenoxy) is 2. The van der Waals surface area contributed by atoms with E-state index in [2.05, 4.69) is 10.3 Å². The molecule has 178 valence electrons. The van der Waals surface area contributed by atoms with Gasteiger partial charge in [-0.05, 0) is 25.7 Å². The minimum atomic E-state index is -0.677. The second kappa shape index (κ2) is 10.8. The molecular formula is C23H36N4O5. The van der Waals surface area contributed by atoms with Crippen LogP contribution in [0.1, 0.15) is 50.6 Å². The van der Waals surface area contributed by atoms with Crippen LogP contribution in [0.3, 0.4) is 0 Å². The first-order chi connectivity index (χ1) is 15.5. The summed E-state index contributed by atoms with van der Waals surface area (Å²) >= 11 is 0. The van der Waals surface area contributed by atoms with Crippen LogP contribution in [0.25, 0.3) is 0 Å². The topological polar surface area (TPSA) is 106 Å². The quantitative estimate of drug-likeness (QED) is 0.667. The highest BCUT2D eigenvalue weighted by Gasteiger charge is 2.41. The Bertz CT molecular complexity index is 778. The SMILES string of the molecule is Cn1cnc(CCNC(=O)C[C@H]2CC[C@H]3[C@@H](COC[C@@H](O)CN3C(=O)C3CCCC3)O2)c1. The molecule has 4 rings (SSSR count). The lowest BCUT2D eigenvalue weighted by Crippen LogP contribution is -2.58. The Morgan fingerprint density at radius 3 is 2.78 bits per heavy atom. The van der Waals surface area contributed by atoms with Gasteiger partial charge in [0, 0.05) is 38.7 Å². The van der Waals surface area contributed by atoms with Crippen molar-refractivity contribution in [1.82, 2.24) is 19.8 Å². The Morgan fingerprint density at radius 1 is 1.22 bits per heavy atom. The van der Waals surface area contributed by atoms with Crippen molar-refractivity contribution >= 4 is 11.8 Å². The molecule has 3 heterocycles. The summed E-state index contributed by atoms with van der Waals surface area (Å²) in [6.45, 7) is 1.35. The van der Waals surface area contributed by atoms with Crippen LogP contribution in [-0.2, 0) is 32.5 Å². The van der Waals surface area contributed by atoms with Gasteiger partial charge in [0.05, 0.1) is 49.9 Å². The highest BCUT2D eigenvalue weighted by atomic mass is 16.5. The number of amides is 2. The number of nitrogens with zero attached hydrogens (tertiary/aromatic N) is 3. The molecule has 0 aromatic carbocycles. The maximum absolute atomic E-state index is 13.2. The molecule has 4 atom stereocenters. The molecule has 0 bridgehead atoms. The van der Waals surface area contributed by atoms with Gasteiger partial charge in [-0.2, -0.15) is 0 Å². The van der Waals surface area contributed by atoms with E-state index in [0.717, 1.165) is 37.8 Å². The zero-order valence-electron chi connectivity index (χ0n) is 18.9. The van der Waals surface area contributed by atoms with Crippen molar-refractivity contribution in [1.29, 1.82) is 0 Å². The van der Waals surface area contributed by atoms with E-state index >= 15 is 0 Å². The average molecular weight is 449 g/mol. The van der Waals surface area contributed by atoms with Crippen LogP contribution in [0.15, 0.2) is 12.5 Å². The monoisotopic (exact) mass is 448 g/mol. The van der Waals surface area contributed by atoms with Gasteiger partial charge in [-0.3, -0.25) is 9.59 Å². The predicted molar refractivity (Wildman–Crippen MR) is 117 cm³/mol. The summed E-state index contributed by atoms with van der Waals surface area (Å²) in [7, 11) is 1.92. The van der Waals surface area contributed by atoms with Gasteiger partial charge in [-0.25, -0.2) is 4.98 Å². The normalized spacial score (nSPS) is 29.2. The molecular weight excluding hydrogens is 412 g/mol. The van der Waals surface area contributed by atoms with Crippen molar-refractivity contribution in [2.45, 2.75) is 75.7 Å². The summed E-state index contributed by atoms with van der Waals surface area (Å²) in [5.41, 5.74) is 0.949. The van der Waals surface area contributed by atoms with Crippen molar-refractivity contribution in [2.24, 2.45) is 13.0 Å². The molecule has 32 heavy (non-hydrogen) atoms. The smallest absolute Gasteiger partial charge is 0.226 e. The number of hydrogen-bond acceptors (Lipinski definition) is 6. The standard InChI is InChI=1S/C23H36N4O5/c1-26-11-17(25-15-26)8-9-24-22(29)10-19-6-7-20-21(32-19)14-31-13-18(28)12-27(20)23(30)16-4-2-3-5-16/h11,15-16,18-21,28H,2-10,12-14H2,1H3,(H,24,29)/t18-,19+,20-,21+/m0/s1. The number of aryl methyl sites for hydroxylation is 1. The fraction of sp³-hybridized carbons (Fsp3) is 0.783. The fourth-order valence-corrected chi connectivity index (χ4v) is 5.21. The Balaban J connectivity index is 1.30. The Labute approximate surface area is 189 Å². The highest BCUT2D eigenvalue weighted by Crippen LogP contribution is 2.32. The molecule has 2 saturated heterocycles. The van der Waals surface area contributed by atoms with E-state index in [4.69, 9.17) is 9.47 Å². The number of aliphatic hydroxyl groups excluding tert-OH is 1. The summed E-state index contributed by atoms with van der Waals surface area (Å²) in [5.74, 6) is 0.170. The zero-order valence-corrected chi connectivity index (χ0v) is 18.9. The number of imidazole rings is 1. The lowest BCUT2D eigenvalue weighted by atomic mass is 9.93. The second-order valence-electron chi connectivity index (χ2n) is 9.44. The van der Waals surface area contributed by atoms with Crippen molar-refractivity contribution in [3.63, 3.8) is 0 Å². The van der Waals surface area contributed by atoms with Crippen LogP contribution in [0, 0.1) is 5.92 Å². The Kier molecular flexibility index (Phi) is 7.80. The summed E-state index contributed by atoms with van der Waals surface area (Å²) in [6.07, 6.45) is 9.06. The first-order valence-electron chi connectivity index (χ1n) is 11.9. The summed E-state index contributed by atoms with van der Waals surface area (Å²) in [4.78, 5) is 31.8. The lowest BCUT2D eigenvalue weighted by Gasteiger charge is -2.45. The number of fused-ring (bicyclic) bond motifs is 1. The lowest BCUT2D eigenvalue weighted by molar-refractivity contribution is -0.171. The molecule has 9 heteroatoms. The van der Waals surface area contributed by atoms with Gasteiger partial charge in [-0.15, -0.1) is 0 Å². The molecule has 2 amide bonds. The van der Waals surface area contributed by atoms with Crippen molar-refractivity contribution in [3.8, 4) is 0 Å². The molecule has 1 aromatic heterocycles. The summed E-state index contributed by atoms with van der Waals surface area (Å²) in [5, 5.41) is 13.2. The molecule has 1 saturated carbocycles. The number of β-amino-alcohol motifs (C(OH)–C–C–N with tert-alkyl or cyclic N) is 1. The van der Waals surface area contributed by atoms with Gasteiger partial charge in [0.2, 0.25) is 11.8 Å². The van der Waals surface area contributed by atoms with Gasteiger partial charge in [0.1, 0.15) is 6.10 Å². The molecule has 9 nitrogen and oxygen atoms in total. The first kappa shape index (κ1) is 23.2. The third-order valence-electron chi connectivity index (χ3n) is 6.84. The van der Waals surface area contributed by atoms with Gasteiger partial charge < -0.3 is 29.4 Å². The summed E-state index contributed by atoms with van der Waals surface area (Å²) in [6, 6.07) is -0.110. The number of aromatic nitrogens is 2. The maximum atomic E-state index is 13.2. The van der Waals surface area contributed by atoms with Crippen molar-refractivity contribution in [2.75, 3.05) is 26.3 Å². The molecule has 0 spiro atoms. The zero-order chi connectivity index (χ0) is 22.5. The molecule has 3 aliphatic rings. The van der Waals surface area contributed by atoms with E-state index in [-0.39, 0.29) is 42.6 Å². The van der Waals surface area contributed by atoms with Gasteiger partial charge in [0.25, 0.3) is 0 Å². The third kappa shape index (κ3) is 5.88.